The van der Waals surface area contributed by atoms with Crippen molar-refractivity contribution in [3.05, 3.63) is 34.1 Å². The first-order valence-corrected chi connectivity index (χ1v) is 7.58. The second kappa shape index (κ2) is 5.48. The zero-order valence-corrected chi connectivity index (χ0v) is 12.9. The summed E-state index contributed by atoms with van der Waals surface area (Å²) < 4.78 is 3.63. The molecule has 0 amide bonds. The molecule has 2 heterocycles. The molecule has 110 valence electrons. The first-order chi connectivity index (χ1) is 10.2. The van der Waals surface area contributed by atoms with E-state index < -0.39 is 0 Å². The molecule has 21 heavy (non-hydrogen) atoms. The van der Waals surface area contributed by atoms with E-state index in [9.17, 15) is 4.79 Å². The first kappa shape index (κ1) is 14.1. The second-order valence-corrected chi connectivity index (χ2v) is 5.47. The maximum Gasteiger partial charge on any atom is 0.329 e. The number of aromatic nitrogens is 4. The molecule has 6 heteroatoms. The van der Waals surface area contributed by atoms with E-state index >= 15 is 0 Å². The van der Waals surface area contributed by atoms with Crippen molar-refractivity contribution in [1.29, 1.82) is 0 Å². The van der Waals surface area contributed by atoms with Gasteiger partial charge >= 0.3 is 5.69 Å². The number of hydrogen-bond donors (Lipinski definition) is 0. The minimum Gasteiger partial charge on any atom is -0.292 e. The molecule has 0 fully saturated rings. The van der Waals surface area contributed by atoms with Gasteiger partial charge in [0.2, 0.25) is 0 Å². The number of halogens is 1. The Labute approximate surface area is 127 Å². The summed E-state index contributed by atoms with van der Waals surface area (Å²) in [7, 11) is 0. The third-order valence-corrected chi connectivity index (χ3v) is 3.92. The number of imidazole rings is 1. The molecule has 5 nitrogen and oxygen atoms in total. The Bertz CT molecular complexity index is 865. The Morgan fingerprint density at radius 1 is 1.05 bits per heavy atom. The van der Waals surface area contributed by atoms with Gasteiger partial charge in [-0.2, -0.15) is 0 Å². The minimum absolute atomic E-state index is 0.0353. The van der Waals surface area contributed by atoms with Gasteiger partial charge in [0.1, 0.15) is 11.5 Å². The lowest BCUT2D eigenvalue weighted by atomic mass is 10.2. The Hall–Kier alpha value is -1.88. The number of benzene rings is 1. The lowest BCUT2D eigenvalue weighted by molar-refractivity contribution is 0.607. The normalized spacial score (nSPS) is 11.6. The van der Waals surface area contributed by atoms with Gasteiger partial charge in [-0.05, 0) is 25.0 Å². The molecule has 0 aliphatic carbocycles. The van der Waals surface area contributed by atoms with Crippen LogP contribution in [0.5, 0.6) is 0 Å². The van der Waals surface area contributed by atoms with Crippen LogP contribution in [0.3, 0.4) is 0 Å². The highest BCUT2D eigenvalue weighted by Gasteiger charge is 2.14. The fraction of sp³-hybridized carbons (Fsp3) is 0.400. The van der Waals surface area contributed by atoms with E-state index in [2.05, 4.69) is 23.8 Å². The smallest absolute Gasteiger partial charge is 0.292 e. The molecule has 1 aromatic carbocycles. The molecule has 3 rings (SSSR count). The molecule has 0 atom stereocenters. The predicted octanol–water partition coefficient (Wildman–Crippen LogP) is 3.22. The highest BCUT2D eigenvalue weighted by atomic mass is 35.5. The van der Waals surface area contributed by atoms with E-state index in [-0.39, 0.29) is 5.69 Å². The molecule has 0 spiro atoms. The van der Waals surface area contributed by atoms with E-state index in [1.807, 2.05) is 21.3 Å². The van der Waals surface area contributed by atoms with Crippen LogP contribution >= 0.6 is 11.6 Å². The second-order valence-electron chi connectivity index (χ2n) is 5.11. The third kappa shape index (κ3) is 2.21. The third-order valence-electron chi connectivity index (χ3n) is 3.62. The van der Waals surface area contributed by atoms with Crippen molar-refractivity contribution >= 4 is 33.5 Å². The van der Waals surface area contributed by atoms with Crippen molar-refractivity contribution in [3.63, 3.8) is 0 Å². The van der Waals surface area contributed by atoms with Crippen molar-refractivity contribution in [3.8, 4) is 0 Å². The average molecular weight is 305 g/mol. The van der Waals surface area contributed by atoms with Gasteiger partial charge in [-0.3, -0.25) is 9.13 Å². The van der Waals surface area contributed by atoms with Crippen LogP contribution in [0.4, 0.5) is 0 Å². The summed E-state index contributed by atoms with van der Waals surface area (Å²) in [6.07, 6.45) is 3.26. The summed E-state index contributed by atoms with van der Waals surface area (Å²) in [6, 6.07) is 3.86. The number of fused-ring (bicyclic) bond motifs is 2. The fourth-order valence-electron chi connectivity index (χ4n) is 2.71. The predicted molar refractivity (Wildman–Crippen MR) is 84.9 cm³/mol. The minimum atomic E-state index is 0.0353. The van der Waals surface area contributed by atoms with E-state index in [0.717, 1.165) is 34.8 Å². The summed E-state index contributed by atoms with van der Waals surface area (Å²) in [5.74, 6) is 0. The fourth-order valence-corrected chi connectivity index (χ4v) is 2.91. The van der Waals surface area contributed by atoms with Crippen molar-refractivity contribution in [2.24, 2.45) is 0 Å². The van der Waals surface area contributed by atoms with Crippen LogP contribution in [0.15, 0.2) is 23.3 Å². The monoisotopic (exact) mass is 304 g/mol. The van der Waals surface area contributed by atoms with Crippen molar-refractivity contribution in [2.75, 3.05) is 0 Å². The molecule has 0 aliphatic rings. The van der Waals surface area contributed by atoms with Crippen molar-refractivity contribution in [1.82, 2.24) is 19.1 Å². The summed E-state index contributed by atoms with van der Waals surface area (Å²) in [4.78, 5) is 20.9. The molecule has 0 saturated carbocycles. The summed E-state index contributed by atoms with van der Waals surface area (Å²) >= 11 is 6.15. The highest BCUT2D eigenvalue weighted by molar-refractivity contribution is 6.34. The molecular weight excluding hydrogens is 288 g/mol. The maximum absolute atomic E-state index is 12.6. The van der Waals surface area contributed by atoms with Gasteiger partial charge < -0.3 is 0 Å². The van der Waals surface area contributed by atoms with Gasteiger partial charge in [0.05, 0.1) is 16.6 Å². The van der Waals surface area contributed by atoms with Crippen LogP contribution in [0.1, 0.15) is 26.7 Å². The molecule has 0 radical (unpaired) electrons. The summed E-state index contributed by atoms with van der Waals surface area (Å²) in [5, 5.41) is 1.20. The van der Waals surface area contributed by atoms with Gasteiger partial charge in [0.25, 0.3) is 0 Å². The highest BCUT2D eigenvalue weighted by Crippen LogP contribution is 2.25. The number of rotatable bonds is 4. The SMILES string of the molecule is CCCn1c(=O)n(CCC)c2cc3c(Cl)ncnc3cc21. The molecular formula is C15H17ClN4O. The average Bonchev–Trinajstić information content (AvgIpc) is 2.72. The van der Waals surface area contributed by atoms with E-state index in [0.29, 0.717) is 18.2 Å². The summed E-state index contributed by atoms with van der Waals surface area (Å²) in [5.41, 5.74) is 2.62. The lowest BCUT2D eigenvalue weighted by Crippen LogP contribution is -2.24. The molecule has 3 aromatic rings. The molecule has 0 unspecified atom stereocenters. The van der Waals surface area contributed by atoms with Gasteiger partial charge in [0, 0.05) is 18.5 Å². The Morgan fingerprint density at radius 3 is 2.29 bits per heavy atom. The molecule has 2 aromatic heterocycles. The lowest BCUT2D eigenvalue weighted by Gasteiger charge is -2.03. The topological polar surface area (TPSA) is 52.7 Å². The zero-order valence-electron chi connectivity index (χ0n) is 12.1. The standard InChI is InChI=1S/C15H17ClN4O/c1-3-5-19-12-7-10-11(17-9-18-14(10)16)8-13(12)20(6-4-2)15(19)21/h7-9H,3-6H2,1-2H3. The van der Waals surface area contributed by atoms with Crippen LogP contribution in [-0.4, -0.2) is 19.1 Å². The van der Waals surface area contributed by atoms with Crippen molar-refractivity contribution in [2.45, 2.75) is 39.8 Å². The number of nitrogens with zero attached hydrogens (tertiary/aromatic N) is 4. The van der Waals surface area contributed by atoms with Gasteiger partial charge in [-0.25, -0.2) is 14.8 Å². The maximum atomic E-state index is 12.6. The van der Waals surface area contributed by atoms with Crippen molar-refractivity contribution < 1.29 is 0 Å². The van der Waals surface area contributed by atoms with Crippen LogP contribution in [0.25, 0.3) is 21.9 Å². The van der Waals surface area contributed by atoms with Crippen LogP contribution in [0, 0.1) is 0 Å². The molecule has 0 saturated heterocycles. The number of hydrogen-bond acceptors (Lipinski definition) is 3. The van der Waals surface area contributed by atoms with E-state index in [1.54, 1.807) is 0 Å². The molecule has 0 bridgehead atoms. The Morgan fingerprint density at radius 2 is 1.67 bits per heavy atom. The van der Waals surface area contributed by atoms with Crippen LogP contribution < -0.4 is 5.69 Å². The number of aryl methyl sites for hydroxylation is 2. The first-order valence-electron chi connectivity index (χ1n) is 7.20. The molecule has 0 N–H and O–H groups in total. The van der Waals surface area contributed by atoms with E-state index in [1.165, 1.54) is 6.33 Å². The quantitative estimate of drug-likeness (QED) is 0.695. The van der Waals surface area contributed by atoms with Gasteiger partial charge in [-0.15, -0.1) is 0 Å². The van der Waals surface area contributed by atoms with Gasteiger partial charge in [0.15, 0.2) is 0 Å². The van der Waals surface area contributed by atoms with Gasteiger partial charge in [-0.1, -0.05) is 25.4 Å². The zero-order chi connectivity index (χ0) is 15.0. The largest absolute Gasteiger partial charge is 0.329 e. The summed E-state index contributed by atoms with van der Waals surface area (Å²) in [6.45, 7) is 5.53. The molecule has 0 aliphatic heterocycles. The Balaban J connectivity index is 2.42. The Kier molecular flexibility index (Phi) is 3.68. The van der Waals surface area contributed by atoms with Crippen LogP contribution in [-0.2, 0) is 13.1 Å². The van der Waals surface area contributed by atoms with Crippen LogP contribution in [0.2, 0.25) is 5.15 Å². The van der Waals surface area contributed by atoms with E-state index in [4.69, 9.17) is 11.6 Å².